The van der Waals surface area contributed by atoms with Gasteiger partial charge in [0.15, 0.2) is 9.84 Å². The molecular weight excluding hydrogens is 300 g/mol. The Hall–Kier alpha value is -1.37. The number of aromatic nitrogens is 2. The molecule has 3 rings (SSSR count). The molecule has 0 amide bonds. The van der Waals surface area contributed by atoms with Crippen molar-refractivity contribution in [1.82, 2.24) is 14.8 Å². The first-order valence-electron chi connectivity index (χ1n) is 8.01. The van der Waals surface area contributed by atoms with Crippen molar-refractivity contribution in [3.63, 3.8) is 0 Å². The number of aryl methyl sites for hydroxylation is 1. The van der Waals surface area contributed by atoms with Crippen LogP contribution in [0.15, 0.2) is 5.10 Å². The molecule has 0 saturated carbocycles. The van der Waals surface area contributed by atoms with E-state index in [4.69, 9.17) is 0 Å². The largest absolute Gasteiger partial charge is 0.297 e. The van der Waals surface area contributed by atoms with Crippen molar-refractivity contribution in [2.24, 2.45) is 5.10 Å². The first kappa shape index (κ1) is 15.5. The lowest BCUT2D eigenvalue weighted by atomic mass is 10.2. The van der Waals surface area contributed by atoms with Crippen LogP contribution in [0.3, 0.4) is 0 Å². The van der Waals surface area contributed by atoms with Crippen LogP contribution in [-0.2, 0) is 9.84 Å². The zero-order valence-corrected chi connectivity index (χ0v) is 14.1. The first-order valence-corrected chi connectivity index (χ1v) is 9.83. The van der Waals surface area contributed by atoms with E-state index in [2.05, 4.69) is 15.2 Å². The molecule has 3 heterocycles. The molecule has 22 heavy (non-hydrogen) atoms. The molecule has 0 radical (unpaired) electrons. The number of hydrogen-bond donors (Lipinski definition) is 0. The summed E-state index contributed by atoms with van der Waals surface area (Å²) in [6, 6.07) is -0.0270. The van der Waals surface area contributed by atoms with E-state index in [0.29, 0.717) is 6.42 Å². The Balaban J connectivity index is 1.79. The molecule has 2 fully saturated rings. The average molecular weight is 324 g/mol. The zero-order chi connectivity index (χ0) is 15.7. The Kier molecular flexibility index (Phi) is 4.25. The van der Waals surface area contributed by atoms with Crippen LogP contribution < -0.4 is 0 Å². The van der Waals surface area contributed by atoms with Crippen molar-refractivity contribution in [3.05, 3.63) is 17.0 Å². The van der Waals surface area contributed by atoms with E-state index in [0.717, 1.165) is 30.0 Å². The van der Waals surface area contributed by atoms with E-state index in [9.17, 15) is 8.42 Å². The highest BCUT2D eigenvalue weighted by Crippen LogP contribution is 2.26. The van der Waals surface area contributed by atoms with Gasteiger partial charge in [-0.15, -0.1) is 0 Å². The molecule has 0 bridgehead atoms. The Morgan fingerprint density at radius 2 is 1.95 bits per heavy atom. The van der Waals surface area contributed by atoms with Crippen LogP contribution >= 0.6 is 0 Å². The molecule has 1 aromatic heterocycles. The van der Waals surface area contributed by atoms with Crippen molar-refractivity contribution >= 4 is 16.1 Å². The molecule has 2 aliphatic heterocycles. The SMILES string of the molecule is Cc1nn([C@@H]2CCS(=O)(=O)C2)c(C)c1/C=N\N1CCCCC1. The molecule has 2 aliphatic rings. The zero-order valence-electron chi connectivity index (χ0n) is 13.3. The third-order valence-corrected chi connectivity index (χ3v) is 6.37. The second-order valence-electron chi connectivity index (χ2n) is 6.34. The molecule has 2 saturated heterocycles. The summed E-state index contributed by atoms with van der Waals surface area (Å²) in [5.74, 6) is 0.477. The Morgan fingerprint density at radius 1 is 1.23 bits per heavy atom. The fourth-order valence-electron chi connectivity index (χ4n) is 3.32. The van der Waals surface area contributed by atoms with Gasteiger partial charge >= 0.3 is 0 Å². The second-order valence-corrected chi connectivity index (χ2v) is 8.57. The van der Waals surface area contributed by atoms with Gasteiger partial charge in [-0.25, -0.2) is 8.42 Å². The van der Waals surface area contributed by atoms with Crippen molar-refractivity contribution < 1.29 is 8.42 Å². The molecule has 0 N–H and O–H groups in total. The number of nitrogens with zero attached hydrogens (tertiary/aromatic N) is 4. The minimum Gasteiger partial charge on any atom is -0.297 e. The van der Waals surface area contributed by atoms with Gasteiger partial charge in [-0.05, 0) is 39.5 Å². The monoisotopic (exact) mass is 324 g/mol. The van der Waals surface area contributed by atoms with E-state index in [1.54, 1.807) is 0 Å². The number of hydrazone groups is 1. The van der Waals surface area contributed by atoms with E-state index < -0.39 is 9.84 Å². The van der Waals surface area contributed by atoms with Crippen LogP contribution in [-0.4, -0.2) is 54.0 Å². The lowest BCUT2D eigenvalue weighted by Gasteiger charge is -2.23. The summed E-state index contributed by atoms with van der Waals surface area (Å²) >= 11 is 0. The van der Waals surface area contributed by atoms with E-state index in [1.165, 1.54) is 19.3 Å². The van der Waals surface area contributed by atoms with Gasteiger partial charge in [-0.2, -0.15) is 10.2 Å². The summed E-state index contributed by atoms with van der Waals surface area (Å²) in [6.45, 7) is 6.00. The molecule has 0 aliphatic carbocycles. The molecule has 122 valence electrons. The minimum atomic E-state index is -2.90. The van der Waals surface area contributed by atoms with E-state index >= 15 is 0 Å². The predicted octanol–water partition coefficient (Wildman–Crippen LogP) is 1.68. The molecule has 0 aromatic carbocycles. The third-order valence-electron chi connectivity index (χ3n) is 4.62. The van der Waals surface area contributed by atoms with Gasteiger partial charge in [0.1, 0.15) is 0 Å². The Labute approximate surface area is 132 Å². The van der Waals surface area contributed by atoms with Crippen molar-refractivity contribution in [3.8, 4) is 0 Å². The van der Waals surface area contributed by atoms with Gasteiger partial charge in [-0.3, -0.25) is 9.69 Å². The number of sulfone groups is 1. The smallest absolute Gasteiger partial charge is 0.152 e. The maximum absolute atomic E-state index is 11.7. The number of hydrogen-bond acceptors (Lipinski definition) is 5. The summed E-state index contributed by atoms with van der Waals surface area (Å²) in [7, 11) is -2.90. The normalized spacial score (nSPS) is 25.2. The van der Waals surface area contributed by atoms with Crippen LogP contribution in [0.4, 0.5) is 0 Å². The highest BCUT2D eigenvalue weighted by Gasteiger charge is 2.31. The maximum atomic E-state index is 11.7. The minimum absolute atomic E-state index is 0.0270. The van der Waals surface area contributed by atoms with E-state index in [1.807, 2.05) is 24.7 Å². The standard InChI is InChI=1S/C15H24N4O2S/c1-12-15(10-16-18-7-4-3-5-8-18)13(2)19(17-12)14-6-9-22(20,21)11-14/h10,14H,3-9,11H2,1-2H3/b16-10-/t14-/m1/s1. The van der Waals surface area contributed by atoms with Gasteiger partial charge in [0, 0.05) is 24.3 Å². The van der Waals surface area contributed by atoms with Gasteiger partial charge in [0.25, 0.3) is 0 Å². The van der Waals surface area contributed by atoms with Crippen molar-refractivity contribution in [2.45, 2.75) is 45.6 Å². The average Bonchev–Trinajstić information content (AvgIpc) is 2.98. The molecule has 1 aromatic rings. The summed E-state index contributed by atoms with van der Waals surface area (Å²) in [5.41, 5.74) is 2.96. The fraction of sp³-hybridized carbons (Fsp3) is 0.733. The van der Waals surface area contributed by atoms with Gasteiger partial charge < -0.3 is 0 Å². The molecule has 0 spiro atoms. The maximum Gasteiger partial charge on any atom is 0.152 e. The third kappa shape index (κ3) is 3.19. The molecule has 7 heteroatoms. The quantitative estimate of drug-likeness (QED) is 0.793. The van der Waals surface area contributed by atoms with Crippen LogP contribution in [0.2, 0.25) is 0 Å². The Bertz CT molecular complexity index is 672. The van der Waals surface area contributed by atoms with Crippen LogP contribution in [0.25, 0.3) is 0 Å². The summed E-state index contributed by atoms with van der Waals surface area (Å²) < 4.78 is 25.2. The topological polar surface area (TPSA) is 67.6 Å². The van der Waals surface area contributed by atoms with Crippen LogP contribution in [0, 0.1) is 13.8 Å². The van der Waals surface area contributed by atoms with E-state index in [-0.39, 0.29) is 17.5 Å². The first-order chi connectivity index (χ1) is 10.5. The van der Waals surface area contributed by atoms with Crippen LogP contribution in [0.1, 0.15) is 48.7 Å². The van der Waals surface area contributed by atoms with Gasteiger partial charge in [0.05, 0.1) is 29.5 Å². The fourth-order valence-corrected chi connectivity index (χ4v) is 5.01. The van der Waals surface area contributed by atoms with Crippen molar-refractivity contribution in [2.75, 3.05) is 24.6 Å². The lowest BCUT2D eigenvalue weighted by molar-refractivity contribution is 0.240. The molecule has 1 atom stereocenters. The summed E-state index contributed by atoms with van der Waals surface area (Å²) in [6.07, 6.45) is 6.25. The molecule has 0 unspecified atom stereocenters. The number of rotatable bonds is 3. The summed E-state index contributed by atoms with van der Waals surface area (Å²) in [4.78, 5) is 0. The summed E-state index contributed by atoms with van der Waals surface area (Å²) in [5, 5.41) is 11.3. The lowest BCUT2D eigenvalue weighted by Crippen LogP contribution is -2.24. The van der Waals surface area contributed by atoms with Gasteiger partial charge in [-0.1, -0.05) is 0 Å². The number of piperidine rings is 1. The van der Waals surface area contributed by atoms with Crippen LogP contribution in [0.5, 0.6) is 0 Å². The highest BCUT2D eigenvalue weighted by molar-refractivity contribution is 7.91. The Morgan fingerprint density at radius 3 is 2.59 bits per heavy atom. The highest BCUT2D eigenvalue weighted by atomic mass is 32.2. The molecular formula is C15H24N4O2S. The molecule has 6 nitrogen and oxygen atoms in total. The van der Waals surface area contributed by atoms with Crippen molar-refractivity contribution in [1.29, 1.82) is 0 Å². The predicted molar refractivity (Wildman–Crippen MR) is 87.0 cm³/mol. The van der Waals surface area contributed by atoms with Gasteiger partial charge in [0.2, 0.25) is 0 Å². The second kappa shape index (κ2) is 6.02.